The van der Waals surface area contributed by atoms with Gasteiger partial charge in [-0.25, -0.2) is 13.2 Å². The standard InChI is InChI=1S/C24H23ClN2O7S/c1-32-17-10-12-22(33-2)21(14-17)27(35(30,31)18-7-5-4-6-8-18)15-23(28)26-16-9-11-20(25)19(13-16)24(29)34-3/h4-14H,15H2,1-3H3,(H,26,28). The number of benzene rings is 3. The molecule has 11 heteroatoms. The van der Waals surface area contributed by atoms with Gasteiger partial charge in [-0.05, 0) is 42.5 Å². The predicted octanol–water partition coefficient (Wildman–Crippen LogP) is 3.98. The summed E-state index contributed by atoms with van der Waals surface area (Å²) >= 11 is 6.03. The number of ether oxygens (including phenoxy) is 3. The van der Waals surface area contributed by atoms with Gasteiger partial charge in [-0.1, -0.05) is 29.8 Å². The summed E-state index contributed by atoms with van der Waals surface area (Å²) in [6.07, 6.45) is 0. The van der Waals surface area contributed by atoms with Gasteiger partial charge in [0.15, 0.2) is 0 Å². The molecule has 9 nitrogen and oxygen atoms in total. The van der Waals surface area contributed by atoms with Crippen LogP contribution in [0.4, 0.5) is 11.4 Å². The van der Waals surface area contributed by atoms with Crippen LogP contribution in [0.3, 0.4) is 0 Å². The highest BCUT2D eigenvalue weighted by Crippen LogP contribution is 2.35. The fourth-order valence-electron chi connectivity index (χ4n) is 3.21. The number of sulfonamides is 1. The molecule has 1 N–H and O–H groups in total. The Morgan fingerprint density at radius 3 is 2.29 bits per heavy atom. The molecule has 0 unspecified atom stereocenters. The molecule has 0 fully saturated rings. The molecule has 0 heterocycles. The number of amides is 1. The topological polar surface area (TPSA) is 111 Å². The Labute approximate surface area is 208 Å². The normalized spacial score (nSPS) is 10.9. The molecule has 0 bridgehead atoms. The van der Waals surface area contributed by atoms with E-state index in [2.05, 4.69) is 5.32 Å². The number of nitrogens with one attached hydrogen (secondary N) is 1. The summed E-state index contributed by atoms with van der Waals surface area (Å²) < 4.78 is 43.4. The van der Waals surface area contributed by atoms with Crippen molar-refractivity contribution in [2.24, 2.45) is 0 Å². The number of rotatable bonds is 9. The van der Waals surface area contributed by atoms with Gasteiger partial charge in [0.05, 0.1) is 42.5 Å². The third-order valence-corrected chi connectivity index (χ3v) is 7.03. The zero-order chi connectivity index (χ0) is 25.6. The van der Waals surface area contributed by atoms with Crippen molar-refractivity contribution in [2.75, 3.05) is 37.5 Å². The summed E-state index contributed by atoms with van der Waals surface area (Å²) in [5.41, 5.74) is 0.391. The van der Waals surface area contributed by atoms with Crippen molar-refractivity contribution in [3.63, 3.8) is 0 Å². The number of methoxy groups -OCH3 is 3. The molecular weight excluding hydrogens is 496 g/mol. The van der Waals surface area contributed by atoms with Crippen molar-refractivity contribution in [3.05, 3.63) is 77.3 Å². The van der Waals surface area contributed by atoms with Gasteiger partial charge in [-0.3, -0.25) is 9.10 Å². The van der Waals surface area contributed by atoms with E-state index in [0.717, 1.165) is 4.31 Å². The SMILES string of the molecule is COC(=O)c1cc(NC(=O)CN(c2cc(OC)ccc2OC)S(=O)(=O)c2ccccc2)ccc1Cl. The number of carbonyl (C=O) groups excluding carboxylic acids is 2. The van der Waals surface area contributed by atoms with Crippen LogP contribution in [-0.4, -0.2) is 48.2 Å². The van der Waals surface area contributed by atoms with Gasteiger partial charge >= 0.3 is 5.97 Å². The Balaban J connectivity index is 2.02. The third kappa shape index (κ3) is 5.84. The number of esters is 1. The molecule has 0 radical (unpaired) electrons. The lowest BCUT2D eigenvalue weighted by molar-refractivity contribution is -0.114. The highest BCUT2D eigenvalue weighted by Gasteiger charge is 2.30. The lowest BCUT2D eigenvalue weighted by Gasteiger charge is -2.26. The van der Waals surface area contributed by atoms with Crippen molar-refractivity contribution >= 4 is 44.9 Å². The third-order valence-electron chi connectivity index (χ3n) is 4.93. The molecule has 35 heavy (non-hydrogen) atoms. The summed E-state index contributed by atoms with van der Waals surface area (Å²) in [7, 11) is -0.156. The predicted molar refractivity (Wildman–Crippen MR) is 132 cm³/mol. The summed E-state index contributed by atoms with van der Waals surface area (Å²) in [5, 5.41) is 2.74. The van der Waals surface area contributed by atoms with Crippen LogP contribution in [0.2, 0.25) is 5.02 Å². The van der Waals surface area contributed by atoms with Gasteiger partial charge in [-0.15, -0.1) is 0 Å². The van der Waals surface area contributed by atoms with Crippen LogP contribution >= 0.6 is 11.6 Å². The van der Waals surface area contributed by atoms with E-state index in [4.69, 9.17) is 25.8 Å². The molecule has 0 aromatic heterocycles. The molecule has 3 aromatic rings. The van der Waals surface area contributed by atoms with E-state index < -0.39 is 28.4 Å². The van der Waals surface area contributed by atoms with Gasteiger partial charge in [-0.2, -0.15) is 0 Å². The molecular formula is C24H23ClN2O7S. The van der Waals surface area contributed by atoms with E-state index in [1.165, 1.54) is 57.7 Å². The molecule has 3 rings (SSSR count). The Kier molecular flexibility index (Phi) is 8.21. The smallest absolute Gasteiger partial charge is 0.339 e. The van der Waals surface area contributed by atoms with Crippen LogP contribution < -0.4 is 19.1 Å². The quantitative estimate of drug-likeness (QED) is 0.426. The van der Waals surface area contributed by atoms with E-state index in [1.54, 1.807) is 30.3 Å². The number of halogens is 1. The Hall–Kier alpha value is -3.76. The minimum Gasteiger partial charge on any atom is -0.497 e. The average Bonchev–Trinajstić information content (AvgIpc) is 2.88. The number of anilines is 2. The minimum absolute atomic E-state index is 0.0165. The summed E-state index contributed by atoms with van der Waals surface area (Å²) in [4.78, 5) is 24.9. The Bertz CT molecular complexity index is 1330. The van der Waals surface area contributed by atoms with E-state index in [-0.39, 0.29) is 32.6 Å². The molecule has 0 atom stereocenters. The van der Waals surface area contributed by atoms with Crippen LogP contribution in [0, 0.1) is 0 Å². The second-order valence-corrected chi connectivity index (χ2v) is 9.37. The average molecular weight is 519 g/mol. The molecule has 0 saturated carbocycles. The van der Waals surface area contributed by atoms with E-state index in [0.29, 0.717) is 5.75 Å². The van der Waals surface area contributed by atoms with Gasteiger partial charge in [0.2, 0.25) is 5.91 Å². The molecule has 0 aliphatic rings. The number of carbonyl (C=O) groups is 2. The van der Waals surface area contributed by atoms with Crippen LogP contribution in [0.1, 0.15) is 10.4 Å². The second-order valence-electron chi connectivity index (χ2n) is 7.10. The molecule has 0 spiro atoms. The van der Waals surface area contributed by atoms with Crippen molar-refractivity contribution in [1.29, 1.82) is 0 Å². The molecule has 1 amide bonds. The van der Waals surface area contributed by atoms with Gasteiger partial charge in [0, 0.05) is 11.8 Å². The van der Waals surface area contributed by atoms with Gasteiger partial charge < -0.3 is 19.5 Å². The van der Waals surface area contributed by atoms with Gasteiger partial charge in [0.25, 0.3) is 10.0 Å². The van der Waals surface area contributed by atoms with E-state index in [1.807, 2.05) is 0 Å². The van der Waals surface area contributed by atoms with Crippen LogP contribution in [0.15, 0.2) is 71.6 Å². The van der Waals surface area contributed by atoms with Crippen molar-refractivity contribution in [3.8, 4) is 11.5 Å². The first-order valence-electron chi connectivity index (χ1n) is 10.2. The lowest BCUT2D eigenvalue weighted by Crippen LogP contribution is -2.38. The zero-order valence-electron chi connectivity index (χ0n) is 19.1. The number of nitrogens with zero attached hydrogens (tertiary/aromatic N) is 1. The maximum Gasteiger partial charge on any atom is 0.339 e. The number of hydrogen-bond donors (Lipinski definition) is 1. The van der Waals surface area contributed by atoms with Gasteiger partial charge in [0.1, 0.15) is 18.0 Å². The fraction of sp³-hybridized carbons (Fsp3) is 0.167. The largest absolute Gasteiger partial charge is 0.497 e. The maximum absolute atomic E-state index is 13.6. The molecule has 0 aliphatic carbocycles. The molecule has 0 saturated heterocycles. The lowest BCUT2D eigenvalue weighted by atomic mass is 10.2. The number of hydrogen-bond acceptors (Lipinski definition) is 7. The zero-order valence-corrected chi connectivity index (χ0v) is 20.7. The van der Waals surface area contributed by atoms with Crippen LogP contribution in [-0.2, 0) is 19.6 Å². The van der Waals surface area contributed by atoms with E-state index in [9.17, 15) is 18.0 Å². The Morgan fingerprint density at radius 2 is 1.66 bits per heavy atom. The van der Waals surface area contributed by atoms with Crippen LogP contribution in [0.25, 0.3) is 0 Å². The highest BCUT2D eigenvalue weighted by molar-refractivity contribution is 7.92. The fourth-order valence-corrected chi connectivity index (χ4v) is 4.85. The molecule has 184 valence electrons. The first kappa shape index (κ1) is 25.9. The highest BCUT2D eigenvalue weighted by atomic mass is 35.5. The maximum atomic E-state index is 13.6. The van der Waals surface area contributed by atoms with Crippen molar-refractivity contribution in [1.82, 2.24) is 0 Å². The monoisotopic (exact) mass is 518 g/mol. The summed E-state index contributed by atoms with van der Waals surface area (Å²) in [5.74, 6) is -0.763. The summed E-state index contributed by atoms with van der Waals surface area (Å²) in [6.45, 7) is -0.600. The molecule has 0 aliphatic heterocycles. The first-order chi connectivity index (χ1) is 16.7. The second kappa shape index (κ2) is 11.1. The first-order valence-corrected chi connectivity index (χ1v) is 12.0. The van der Waals surface area contributed by atoms with Crippen molar-refractivity contribution < 1.29 is 32.2 Å². The molecule has 3 aromatic carbocycles. The van der Waals surface area contributed by atoms with Crippen molar-refractivity contribution in [2.45, 2.75) is 4.90 Å². The minimum atomic E-state index is -4.19. The summed E-state index contributed by atoms with van der Waals surface area (Å²) in [6, 6.07) is 16.6. The Morgan fingerprint density at radius 1 is 0.943 bits per heavy atom. The van der Waals surface area contributed by atoms with E-state index >= 15 is 0 Å². The van der Waals surface area contributed by atoms with Crippen LogP contribution in [0.5, 0.6) is 11.5 Å².